The minimum absolute atomic E-state index is 0.00116. The first kappa shape index (κ1) is 14.9. The van der Waals surface area contributed by atoms with Crippen LogP contribution in [0.2, 0.25) is 0 Å². The minimum atomic E-state index is -4.77. The lowest BCUT2D eigenvalue weighted by Gasteiger charge is -2.05. The summed E-state index contributed by atoms with van der Waals surface area (Å²) in [6.07, 6.45) is -4.60. The summed E-state index contributed by atoms with van der Waals surface area (Å²) in [4.78, 5) is 14.3. The lowest BCUT2D eigenvalue weighted by molar-refractivity contribution is -0.159. The van der Waals surface area contributed by atoms with Crippen LogP contribution < -0.4 is 5.32 Å². The second-order valence-electron chi connectivity index (χ2n) is 4.02. The van der Waals surface area contributed by atoms with E-state index in [1.54, 1.807) is 6.92 Å². The Morgan fingerprint density at radius 3 is 2.62 bits per heavy atom. The minimum Gasteiger partial charge on any atom is -0.329 e. The molecule has 0 bridgehead atoms. The summed E-state index contributed by atoms with van der Waals surface area (Å²) in [5, 5.41) is 5.45. The van der Waals surface area contributed by atoms with Gasteiger partial charge in [-0.05, 0) is 18.2 Å². The number of halogens is 4. The number of nitrogens with one attached hydrogen (secondary N) is 1. The number of benzene rings is 1. The number of alkyl halides is 3. The first-order chi connectivity index (χ1) is 9.81. The van der Waals surface area contributed by atoms with Crippen molar-refractivity contribution < 1.29 is 26.9 Å². The highest BCUT2D eigenvalue weighted by Crippen LogP contribution is 2.30. The maximum Gasteiger partial charge on any atom is 0.471 e. The molecule has 0 radical (unpaired) electrons. The molecule has 0 unspecified atom stereocenters. The third-order valence-electron chi connectivity index (χ3n) is 2.49. The van der Waals surface area contributed by atoms with Gasteiger partial charge in [0, 0.05) is 12.0 Å². The van der Waals surface area contributed by atoms with Gasteiger partial charge in [0.05, 0.1) is 5.69 Å². The van der Waals surface area contributed by atoms with E-state index in [1.807, 2.05) is 0 Å². The van der Waals surface area contributed by atoms with Crippen molar-refractivity contribution in [3.8, 4) is 11.4 Å². The van der Waals surface area contributed by atoms with Crippen molar-refractivity contribution in [1.29, 1.82) is 0 Å². The standard InChI is InChI=1S/C12H9F4N3O2/c1-2-9(20)17-8-4-3-6(5-7(8)13)10-18-11(21-19-10)12(14,15)16/h3-5H,2H2,1H3,(H,17,20). The molecule has 2 aromatic rings. The Morgan fingerprint density at radius 1 is 1.38 bits per heavy atom. The van der Waals surface area contributed by atoms with Crippen LogP contribution in [0.15, 0.2) is 22.7 Å². The molecule has 0 saturated heterocycles. The van der Waals surface area contributed by atoms with E-state index in [2.05, 4.69) is 20.0 Å². The largest absolute Gasteiger partial charge is 0.471 e. The number of rotatable bonds is 3. The Hall–Kier alpha value is -2.45. The van der Waals surface area contributed by atoms with Gasteiger partial charge in [0.1, 0.15) is 5.82 Å². The zero-order valence-electron chi connectivity index (χ0n) is 10.7. The summed E-state index contributed by atoms with van der Waals surface area (Å²) >= 11 is 0. The van der Waals surface area contributed by atoms with Crippen LogP contribution in [0.1, 0.15) is 19.2 Å². The van der Waals surface area contributed by atoms with Crippen LogP contribution >= 0.6 is 0 Å². The van der Waals surface area contributed by atoms with Crippen molar-refractivity contribution in [3.05, 3.63) is 29.9 Å². The SMILES string of the molecule is CCC(=O)Nc1ccc(-c2noc(C(F)(F)F)n2)cc1F. The quantitative estimate of drug-likeness (QED) is 0.884. The summed E-state index contributed by atoms with van der Waals surface area (Å²) in [6.45, 7) is 1.60. The Balaban J connectivity index is 2.28. The molecule has 1 aromatic carbocycles. The third kappa shape index (κ3) is 3.36. The van der Waals surface area contributed by atoms with Crippen LogP contribution in [0.5, 0.6) is 0 Å². The molecule has 0 atom stereocenters. The topological polar surface area (TPSA) is 68.0 Å². The van der Waals surface area contributed by atoms with E-state index in [1.165, 1.54) is 12.1 Å². The number of nitrogens with zero attached hydrogens (tertiary/aromatic N) is 2. The van der Waals surface area contributed by atoms with Crippen LogP contribution in [0.25, 0.3) is 11.4 Å². The molecular weight excluding hydrogens is 294 g/mol. The number of aromatic nitrogens is 2. The summed E-state index contributed by atoms with van der Waals surface area (Å²) in [7, 11) is 0. The van der Waals surface area contributed by atoms with E-state index in [0.717, 1.165) is 6.07 Å². The molecule has 0 spiro atoms. The molecule has 2 rings (SSSR count). The van der Waals surface area contributed by atoms with E-state index in [0.29, 0.717) is 0 Å². The number of amides is 1. The molecule has 0 fully saturated rings. The first-order valence-electron chi connectivity index (χ1n) is 5.82. The van der Waals surface area contributed by atoms with Crippen LogP contribution in [-0.2, 0) is 11.0 Å². The highest BCUT2D eigenvalue weighted by molar-refractivity contribution is 5.90. The van der Waals surface area contributed by atoms with Gasteiger partial charge in [0.25, 0.3) is 0 Å². The second-order valence-corrected chi connectivity index (χ2v) is 4.02. The van der Waals surface area contributed by atoms with Gasteiger partial charge < -0.3 is 9.84 Å². The smallest absolute Gasteiger partial charge is 0.329 e. The fourth-order valence-electron chi connectivity index (χ4n) is 1.45. The average molecular weight is 303 g/mol. The van der Waals surface area contributed by atoms with Crippen molar-refractivity contribution in [2.24, 2.45) is 0 Å². The summed E-state index contributed by atoms with van der Waals surface area (Å²) in [6, 6.07) is 3.40. The summed E-state index contributed by atoms with van der Waals surface area (Å²) in [5.41, 5.74) is -0.0774. The van der Waals surface area contributed by atoms with Crippen molar-refractivity contribution in [1.82, 2.24) is 10.1 Å². The van der Waals surface area contributed by atoms with Gasteiger partial charge in [-0.15, -0.1) is 0 Å². The normalized spacial score (nSPS) is 11.5. The van der Waals surface area contributed by atoms with E-state index in [4.69, 9.17) is 0 Å². The van der Waals surface area contributed by atoms with Crippen molar-refractivity contribution in [2.75, 3.05) is 5.32 Å². The molecule has 1 N–H and O–H groups in total. The van der Waals surface area contributed by atoms with Crippen LogP contribution in [0.3, 0.4) is 0 Å². The first-order valence-corrected chi connectivity index (χ1v) is 5.82. The van der Waals surface area contributed by atoms with E-state index >= 15 is 0 Å². The fourth-order valence-corrected chi connectivity index (χ4v) is 1.45. The lowest BCUT2D eigenvalue weighted by atomic mass is 10.2. The van der Waals surface area contributed by atoms with Crippen molar-refractivity contribution in [2.45, 2.75) is 19.5 Å². The average Bonchev–Trinajstić information content (AvgIpc) is 2.90. The Labute approximate surface area is 116 Å². The number of carbonyl (C=O) groups is 1. The molecule has 1 amide bonds. The van der Waals surface area contributed by atoms with Gasteiger partial charge in [-0.3, -0.25) is 4.79 Å². The molecule has 0 aliphatic rings. The molecule has 0 saturated carbocycles. The molecule has 5 nitrogen and oxygen atoms in total. The van der Waals surface area contributed by atoms with E-state index in [-0.39, 0.29) is 23.6 Å². The van der Waals surface area contributed by atoms with Crippen molar-refractivity contribution in [3.63, 3.8) is 0 Å². The third-order valence-corrected chi connectivity index (χ3v) is 2.49. The molecule has 0 aliphatic heterocycles. The van der Waals surface area contributed by atoms with Crippen LogP contribution in [-0.4, -0.2) is 16.0 Å². The van der Waals surface area contributed by atoms with Gasteiger partial charge in [-0.1, -0.05) is 12.1 Å². The molecule has 9 heteroatoms. The van der Waals surface area contributed by atoms with Crippen molar-refractivity contribution >= 4 is 11.6 Å². The second kappa shape index (κ2) is 5.51. The maximum absolute atomic E-state index is 13.8. The zero-order valence-corrected chi connectivity index (χ0v) is 10.7. The Bertz CT molecular complexity index is 667. The lowest BCUT2D eigenvalue weighted by Crippen LogP contribution is -2.10. The zero-order chi connectivity index (χ0) is 15.6. The van der Waals surface area contributed by atoms with Crippen LogP contribution in [0.4, 0.5) is 23.2 Å². The predicted octanol–water partition coefficient (Wildman–Crippen LogP) is 3.24. The molecule has 1 heterocycles. The highest BCUT2D eigenvalue weighted by atomic mass is 19.4. The number of anilines is 1. The van der Waals surface area contributed by atoms with Gasteiger partial charge in [-0.2, -0.15) is 18.2 Å². The predicted molar refractivity (Wildman–Crippen MR) is 63.6 cm³/mol. The fraction of sp³-hybridized carbons (Fsp3) is 0.250. The number of carbonyl (C=O) groups excluding carboxylic acids is 1. The van der Waals surface area contributed by atoms with Gasteiger partial charge in [-0.25, -0.2) is 4.39 Å². The van der Waals surface area contributed by atoms with Gasteiger partial charge >= 0.3 is 12.1 Å². The number of hydrogen-bond donors (Lipinski definition) is 1. The molecular formula is C12H9F4N3O2. The molecule has 0 aliphatic carbocycles. The van der Waals surface area contributed by atoms with Crippen LogP contribution in [0, 0.1) is 5.82 Å². The molecule has 1 aromatic heterocycles. The van der Waals surface area contributed by atoms with Gasteiger partial charge in [0.2, 0.25) is 11.7 Å². The summed E-state index contributed by atoms with van der Waals surface area (Å²) in [5.74, 6) is -3.11. The maximum atomic E-state index is 13.8. The summed E-state index contributed by atoms with van der Waals surface area (Å²) < 4.78 is 54.8. The monoisotopic (exact) mass is 303 g/mol. The molecule has 21 heavy (non-hydrogen) atoms. The molecule has 112 valence electrons. The number of hydrogen-bond acceptors (Lipinski definition) is 4. The Kier molecular flexibility index (Phi) is 3.92. The van der Waals surface area contributed by atoms with E-state index in [9.17, 15) is 22.4 Å². The Morgan fingerprint density at radius 2 is 2.10 bits per heavy atom. The van der Waals surface area contributed by atoms with Gasteiger partial charge in [0.15, 0.2) is 0 Å². The van der Waals surface area contributed by atoms with E-state index < -0.39 is 23.7 Å². The highest BCUT2D eigenvalue weighted by Gasteiger charge is 2.38.